The van der Waals surface area contributed by atoms with E-state index in [0.29, 0.717) is 17.5 Å². The molecule has 0 bridgehead atoms. The van der Waals surface area contributed by atoms with E-state index in [2.05, 4.69) is 133 Å². The fourth-order valence-corrected chi connectivity index (χ4v) is 8.14. The van der Waals surface area contributed by atoms with Gasteiger partial charge < -0.3 is 4.42 Å². The van der Waals surface area contributed by atoms with Gasteiger partial charge in [0, 0.05) is 27.5 Å². The van der Waals surface area contributed by atoms with Gasteiger partial charge in [-0.25, -0.2) is 15.0 Å². The molecule has 0 saturated heterocycles. The molecule has 4 heteroatoms. The molecule has 2 aromatic heterocycles. The number of hydrogen-bond acceptors (Lipinski definition) is 4. The zero-order valence-corrected chi connectivity index (χ0v) is 30.8. The average Bonchev–Trinajstić information content (AvgIpc) is 3.67. The third-order valence-corrected chi connectivity index (χ3v) is 10.9. The first-order chi connectivity index (χ1) is 28.2. The molecular weight excluding hydrogens is 695 g/mol. The topological polar surface area (TPSA) is 51.8 Å². The normalized spacial score (nSPS) is 11.5. The van der Waals surface area contributed by atoms with Crippen LogP contribution in [0.4, 0.5) is 0 Å². The first-order valence-electron chi connectivity index (χ1n) is 19.2. The van der Waals surface area contributed by atoms with Gasteiger partial charge in [0.25, 0.3) is 0 Å². The molecule has 11 aromatic rings. The Bertz CT molecular complexity index is 3220. The molecule has 0 radical (unpaired) electrons. The molecule has 11 rings (SSSR count). The molecule has 0 aliphatic rings. The number of furan rings is 1. The van der Waals surface area contributed by atoms with Crippen LogP contribution >= 0.6 is 0 Å². The second-order valence-electron chi connectivity index (χ2n) is 14.4. The van der Waals surface area contributed by atoms with E-state index in [4.69, 9.17) is 19.4 Å². The van der Waals surface area contributed by atoms with Gasteiger partial charge in [-0.3, -0.25) is 0 Å². The van der Waals surface area contributed by atoms with Crippen molar-refractivity contribution in [2.24, 2.45) is 0 Å². The molecule has 0 N–H and O–H groups in total. The fraction of sp³-hybridized carbons (Fsp3) is 0. The molecule has 0 spiro atoms. The van der Waals surface area contributed by atoms with Gasteiger partial charge in [0.2, 0.25) is 0 Å². The van der Waals surface area contributed by atoms with Crippen LogP contribution in [-0.2, 0) is 0 Å². The van der Waals surface area contributed by atoms with Crippen LogP contribution in [-0.4, -0.2) is 15.0 Å². The van der Waals surface area contributed by atoms with Crippen molar-refractivity contribution in [1.82, 2.24) is 15.0 Å². The van der Waals surface area contributed by atoms with Crippen LogP contribution in [0, 0.1) is 0 Å². The highest BCUT2D eigenvalue weighted by Gasteiger charge is 2.18. The molecule has 0 aliphatic heterocycles. The Labute approximate surface area is 329 Å². The van der Waals surface area contributed by atoms with Crippen LogP contribution in [0.3, 0.4) is 0 Å². The zero-order chi connectivity index (χ0) is 37.7. The largest absolute Gasteiger partial charge is 0.456 e. The molecule has 57 heavy (non-hydrogen) atoms. The molecule has 0 unspecified atom stereocenters. The van der Waals surface area contributed by atoms with Crippen molar-refractivity contribution < 1.29 is 4.42 Å². The van der Waals surface area contributed by atoms with Crippen molar-refractivity contribution in [3.8, 4) is 67.5 Å². The van der Waals surface area contributed by atoms with E-state index in [9.17, 15) is 0 Å². The van der Waals surface area contributed by atoms with Crippen LogP contribution < -0.4 is 0 Å². The van der Waals surface area contributed by atoms with Gasteiger partial charge in [0.05, 0.1) is 0 Å². The molecule has 2 heterocycles. The van der Waals surface area contributed by atoms with Crippen molar-refractivity contribution in [3.63, 3.8) is 0 Å². The van der Waals surface area contributed by atoms with E-state index in [1.807, 2.05) is 66.7 Å². The monoisotopic (exact) mass is 727 g/mol. The van der Waals surface area contributed by atoms with Gasteiger partial charge >= 0.3 is 0 Å². The fourth-order valence-electron chi connectivity index (χ4n) is 8.14. The highest BCUT2D eigenvalue weighted by atomic mass is 16.3. The Kier molecular flexibility index (Phi) is 7.78. The molecule has 4 nitrogen and oxygen atoms in total. The lowest BCUT2D eigenvalue weighted by atomic mass is 9.91. The number of benzene rings is 9. The van der Waals surface area contributed by atoms with Gasteiger partial charge in [0.1, 0.15) is 11.2 Å². The Balaban J connectivity index is 0.998. The molecule has 0 amide bonds. The lowest BCUT2D eigenvalue weighted by Crippen LogP contribution is -2.00. The minimum Gasteiger partial charge on any atom is -0.456 e. The number of fused-ring (bicyclic) bond motifs is 5. The summed E-state index contributed by atoms with van der Waals surface area (Å²) in [6, 6.07) is 70.0. The van der Waals surface area contributed by atoms with E-state index in [-0.39, 0.29) is 0 Å². The summed E-state index contributed by atoms with van der Waals surface area (Å²) in [5.41, 5.74) is 11.5. The van der Waals surface area contributed by atoms with Crippen molar-refractivity contribution in [2.45, 2.75) is 0 Å². The summed E-state index contributed by atoms with van der Waals surface area (Å²) in [5.74, 6) is 1.95. The second kappa shape index (κ2) is 13.6. The standard InChI is InChI=1S/C53H33N3O/c1-3-14-37(15-4-1)51-54-52(38-16-5-2-6-17-38)56-53(55-51)45-23-12-19-40-31-39(29-30-44(40)45)34-25-27-36(28-26-34)47-32-41(43-22-11-18-35-13-7-8-20-42(35)43)33-49-50(47)46-21-9-10-24-48(46)57-49/h1-33H. The predicted octanol–water partition coefficient (Wildman–Crippen LogP) is 14.1. The second-order valence-corrected chi connectivity index (χ2v) is 14.4. The summed E-state index contributed by atoms with van der Waals surface area (Å²) >= 11 is 0. The van der Waals surface area contributed by atoms with E-state index in [1.165, 1.54) is 16.3 Å². The quantitative estimate of drug-likeness (QED) is 0.171. The Morgan fingerprint density at radius 1 is 0.281 bits per heavy atom. The maximum Gasteiger partial charge on any atom is 0.164 e. The van der Waals surface area contributed by atoms with Gasteiger partial charge in [-0.15, -0.1) is 0 Å². The molecular formula is C53H33N3O. The third-order valence-electron chi connectivity index (χ3n) is 10.9. The summed E-state index contributed by atoms with van der Waals surface area (Å²) in [4.78, 5) is 14.9. The number of nitrogens with zero attached hydrogens (tertiary/aromatic N) is 3. The Hall–Kier alpha value is -7.69. The lowest BCUT2D eigenvalue weighted by molar-refractivity contribution is 0.669. The zero-order valence-electron chi connectivity index (χ0n) is 30.8. The van der Waals surface area contributed by atoms with Crippen molar-refractivity contribution in [1.29, 1.82) is 0 Å². The van der Waals surface area contributed by atoms with Crippen LogP contribution in [0.5, 0.6) is 0 Å². The Morgan fingerprint density at radius 3 is 1.60 bits per heavy atom. The average molecular weight is 728 g/mol. The molecule has 9 aromatic carbocycles. The van der Waals surface area contributed by atoms with Gasteiger partial charge in [-0.2, -0.15) is 0 Å². The van der Waals surface area contributed by atoms with Gasteiger partial charge in [-0.05, 0) is 79.2 Å². The van der Waals surface area contributed by atoms with E-state index >= 15 is 0 Å². The molecule has 0 saturated carbocycles. The number of aromatic nitrogens is 3. The van der Waals surface area contributed by atoms with Crippen LogP contribution in [0.2, 0.25) is 0 Å². The first kappa shape index (κ1) is 32.7. The van der Waals surface area contributed by atoms with Crippen molar-refractivity contribution >= 4 is 43.5 Å². The summed E-state index contributed by atoms with van der Waals surface area (Å²) in [6.45, 7) is 0. The minimum atomic E-state index is 0.647. The van der Waals surface area contributed by atoms with Crippen LogP contribution in [0.1, 0.15) is 0 Å². The minimum absolute atomic E-state index is 0.647. The highest BCUT2D eigenvalue weighted by Crippen LogP contribution is 2.42. The van der Waals surface area contributed by atoms with Crippen LogP contribution in [0.15, 0.2) is 205 Å². The van der Waals surface area contributed by atoms with Crippen molar-refractivity contribution in [3.05, 3.63) is 200 Å². The number of para-hydroxylation sites is 1. The number of hydrogen-bond donors (Lipinski definition) is 0. The molecule has 0 atom stereocenters. The number of rotatable bonds is 6. The lowest BCUT2D eigenvalue weighted by Gasteiger charge is -2.12. The molecule has 0 aliphatic carbocycles. The highest BCUT2D eigenvalue weighted by molar-refractivity contribution is 6.14. The van der Waals surface area contributed by atoms with Gasteiger partial charge in [-0.1, -0.05) is 176 Å². The summed E-state index contributed by atoms with van der Waals surface area (Å²) < 4.78 is 6.51. The summed E-state index contributed by atoms with van der Waals surface area (Å²) in [6.07, 6.45) is 0. The van der Waals surface area contributed by atoms with E-state index in [1.54, 1.807) is 0 Å². The maximum absolute atomic E-state index is 6.51. The Morgan fingerprint density at radius 2 is 0.842 bits per heavy atom. The maximum atomic E-state index is 6.51. The van der Waals surface area contributed by atoms with Crippen molar-refractivity contribution in [2.75, 3.05) is 0 Å². The summed E-state index contributed by atoms with van der Waals surface area (Å²) in [7, 11) is 0. The van der Waals surface area contributed by atoms with E-state index in [0.717, 1.165) is 77.2 Å². The third kappa shape index (κ3) is 5.83. The molecule has 0 fully saturated rings. The van der Waals surface area contributed by atoms with E-state index < -0.39 is 0 Å². The van der Waals surface area contributed by atoms with Gasteiger partial charge in [0.15, 0.2) is 17.5 Å². The first-order valence-corrected chi connectivity index (χ1v) is 19.2. The smallest absolute Gasteiger partial charge is 0.164 e. The predicted molar refractivity (Wildman–Crippen MR) is 235 cm³/mol. The summed E-state index contributed by atoms with van der Waals surface area (Å²) in [5, 5.41) is 6.89. The van der Waals surface area contributed by atoms with Crippen LogP contribution in [0.25, 0.3) is 111 Å². The SMILES string of the molecule is c1ccc(-c2nc(-c3ccccc3)nc(-c3cccc4cc(-c5ccc(-c6cc(-c7cccc8ccccc78)cc7oc8ccccc8c67)cc5)ccc34)n2)cc1. The molecule has 266 valence electrons.